The van der Waals surface area contributed by atoms with E-state index >= 15 is 0 Å². The Morgan fingerprint density at radius 1 is 0.947 bits per heavy atom. The molecule has 1 heterocycles. The molecule has 0 atom stereocenters. The smallest absolute Gasteiger partial charge is 0.276 e. The van der Waals surface area contributed by atoms with Gasteiger partial charge in [0.05, 0.1) is 11.9 Å². The molecule has 3 rings (SSSR count). The van der Waals surface area contributed by atoms with E-state index in [0.29, 0.717) is 5.71 Å². The predicted molar refractivity (Wildman–Crippen MR) is 75.6 cm³/mol. The molecule has 0 aromatic heterocycles. The van der Waals surface area contributed by atoms with Gasteiger partial charge in [0.1, 0.15) is 0 Å². The standard InChI is InChI=1S/C15H11N3O/c19-15-14(12-8-4-5-9-13(12)17-15)18-16-10-11-6-2-1-3-7-11/h1-10H,(H,17,18,19)/b16-10+. The topological polar surface area (TPSA) is 53.8 Å². The van der Waals surface area contributed by atoms with Crippen molar-refractivity contribution in [3.8, 4) is 0 Å². The molecule has 4 nitrogen and oxygen atoms in total. The zero-order valence-electron chi connectivity index (χ0n) is 10.1. The Hall–Kier alpha value is -2.75. The highest BCUT2D eigenvalue weighted by atomic mass is 16.2. The maximum absolute atomic E-state index is 11.8. The Labute approximate surface area is 110 Å². The monoisotopic (exact) mass is 249 g/mol. The Kier molecular flexibility index (Phi) is 2.90. The first-order chi connectivity index (χ1) is 9.34. The van der Waals surface area contributed by atoms with Crippen molar-refractivity contribution < 1.29 is 4.79 Å². The average molecular weight is 249 g/mol. The third-order valence-electron chi connectivity index (χ3n) is 2.81. The van der Waals surface area contributed by atoms with Crippen LogP contribution in [0.4, 0.5) is 5.69 Å². The van der Waals surface area contributed by atoms with E-state index in [1.807, 2.05) is 54.6 Å². The van der Waals surface area contributed by atoms with Gasteiger partial charge in [-0.3, -0.25) is 4.79 Å². The van der Waals surface area contributed by atoms with Crippen molar-refractivity contribution in [3.63, 3.8) is 0 Å². The molecule has 0 radical (unpaired) electrons. The second-order valence-corrected chi connectivity index (χ2v) is 4.10. The van der Waals surface area contributed by atoms with Crippen LogP contribution in [0, 0.1) is 0 Å². The van der Waals surface area contributed by atoms with E-state index in [1.54, 1.807) is 6.21 Å². The molecule has 0 unspecified atom stereocenters. The lowest BCUT2D eigenvalue weighted by Gasteiger charge is -1.93. The van der Waals surface area contributed by atoms with Crippen LogP contribution in [0.1, 0.15) is 11.1 Å². The molecule has 0 saturated heterocycles. The highest BCUT2D eigenvalue weighted by Gasteiger charge is 2.25. The summed E-state index contributed by atoms with van der Waals surface area (Å²) in [7, 11) is 0. The first-order valence-electron chi connectivity index (χ1n) is 5.91. The Morgan fingerprint density at radius 2 is 1.68 bits per heavy atom. The molecule has 2 aromatic rings. The van der Waals surface area contributed by atoms with E-state index in [9.17, 15) is 4.79 Å². The number of nitrogens with one attached hydrogen (secondary N) is 1. The molecule has 1 N–H and O–H groups in total. The maximum atomic E-state index is 11.8. The van der Waals surface area contributed by atoms with Crippen LogP contribution in [0.2, 0.25) is 0 Å². The molecule has 92 valence electrons. The summed E-state index contributed by atoms with van der Waals surface area (Å²) in [4.78, 5) is 11.8. The lowest BCUT2D eigenvalue weighted by Crippen LogP contribution is -2.13. The number of benzene rings is 2. The lowest BCUT2D eigenvalue weighted by atomic mass is 10.1. The summed E-state index contributed by atoms with van der Waals surface area (Å²) in [5.74, 6) is -0.216. The highest BCUT2D eigenvalue weighted by Crippen LogP contribution is 2.22. The average Bonchev–Trinajstić information content (AvgIpc) is 2.76. The summed E-state index contributed by atoms with van der Waals surface area (Å²) in [5, 5.41) is 10.7. The van der Waals surface area contributed by atoms with Gasteiger partial charge >= 0.3 is 0 Å². The van der Waals surface area contributed by atoms with Gasteiger partial charge in [-0.2, -0.15) is 5.10 Å². The van der Waals surface area contributed by atoms with Gasteiger partial charge in [-0.25, -0.2) is 0 Å². The Balaban J connectivity index is 1.89. The van der Waals surface area contributed by atoms with Gasteiger partial charge in [0, 0.05) is 5.56 Å². The predicted octanol–water partition coefficient (Wildman–Crippen LogP) is 2.46. The second kappa shape index (κ2) is 4.86. The molecule has 4 heteroatoms. The summed E-state index contributed by atoms with van der Waals surface area (Å²) in [6.07, 6.45) is 1.63. The molecule has 1 aliphatic heterocycles. The molecule has 0 saturated carbocycles. The van der Waals surface area contributed by atoms with Crippen LogP contribution in [-0.4, -0.2) is 17.8 Å². The van der Waals surface area contributed by atoms with E-state index < -0.39 is 0 Å². The number of hydrogen-bond acceptors (Lipinski definition) is 3. The van der Waals surface area contributed by atoms with Crippen molar-refractivity contribution in [3.05, 3.63) is 65.7 Å². The molecule has 2 aromatic carbocycles. The van der Waals surface area contributed by atoms with Crippen LogP contribution < -0.4 is 5.32 Å². The zero-order chi connectivity index (χ0) is 13.1. The van der Waals surface area contributed by atoms with Crippen molar-refractivity contribution in [1.82, 2.24) is 0 Å². The molecule has 1 amide bonds. The first kappa shape index (κ1) is 11.3. The van der Waals surface area contributed by atoms with Crippen LogP contribution in [-0.2, 0) is 4.79 Å². The lowest BCUT2D eigenvalue weighted by molar-refractivity contribution is -0.110. The van der Waals surface area contributed by atoms with Crippen molar-refractivity contribution in [2.75, 3.05) is 5.32 Å². The van der Waals surface area contributed by atoms with Gasteiger partial charge in [0.15, 0.2) is 5.71 Å². The fourth-order valence-corrected chi connectivity index (χ4v) is 1.89. The van der Waals surface area contributed by atoms with E-state index in [1.165, 1.54) is 0 Å². The van der Waals surface area contributed by atoms with E-state index in [0.717, 1.165) is 16.8 Å². The number of rotatable bonds is 2. The second-order valence-electron chi connectivity index (χ2n) is 4.10. The SMILES string of the molecule is O=C1Nc2ccccc2/C1=N\N=C\c1ccccc1. The van der Waals surface area contributed by atoms with Crippen molar-refractivity contribution in [1.29, 1.82) is 0 Å². The molecule has 0 spiro atoms. The van der Waals surface area contributed by atoms with Crippen LogP contribution in [0.25, 0.3) is 0 Å². The van der Waals surface area contributed by atoms with Crippen molar-refractivity contribution in [2.45, 2.75) is 0 Å². The molecule has 0 bridgehead atoms. The molecule has 0 aliphatic carbocycles. The minimum absolute atomic E-state index is 0.216. The molecule has 19 heavy (non-hydrogen) atoms. The maximum Gasteiger partial charge on any atom is 0.276 e. The fraction of sp³-hybridized carbons (Fsp3) is 0. The van der Waals surface area contributed by atoms with Gasteiger partial charge in [0.25, 0.3) is 5.91 Å². The normalized spacial score (nSPS) is 15.8. The summed E-state index contributed by atoms with van der Waals surface area (Å²) in [6.45, 7) is 0. The van der Waals surface area contributed by atoms with Gasteiger partial charge in [0.2, 0.25) is 0 Å². The van der Waals surface area contributed by atoms with Gasteiger partial charge in [-0.05, 0) is 11.6 Å². The first-order valence-corrected chi connectivity index (χ1v) is 5.91. The van der Waals surface area contributed by atoms with Gasteiger partial charge in [-0.15, -0.1) is 5.10 Å². The highest BCUT2D eigenvalue weighted by molar-refractivity contribution is 6.53. The zero-order valence-corrected chi connectivity index (χ0v) is 10.1. The minimum Gasteiger partial charge on any atom is -0.320 e. The summed E-state index contributed by atoms with van der Waals surface area (Å²) < 4.78 is 0. The van der Waals surface area contributed by atoms with Crippen LogP contribution in [0.15, 0.2) is 64.8 Å². The molecule has 0 fully saturated rings. The number of hydrogen-bond donors (Lipinski definition) is 1. The summed E-state index contributed by atoms with van der Waals surface area (Å²) in [5.41, 5.74) is 2.86. The van der Waals surface area contributed by atoms with E-state index in [2.05, 4.69) is 15.5 Å². The molecular weight excluding hydrogens is 238 g/mol. The Morgan fingerprint density at radius 3 is 2.53 bits per heavy atom. The number of anilines is 1. The van der Waals surface area contributed by atoms with Gasteiger partial charge in [-0.1, -0.05) is 48.5 Å². The van der Waals surface area contributed by atoms with E-state index in [-0.39, 0.29) is 5.91 Å². The van der Waals surface area contributed by atoms with Gasteiger partial charge < -0.3 is 5.32 Å². The molecular formula is C15H11N3O. The van der Waals surface area contributed by atoms with Crippen LogP contribution in [0.3, 0.4) is 0 Å². The van der Waals surface area contributed by atoms with E-state index in [4.69, 9.17) is 0 Å². The quantitative estimate of drug-likeness (QED) is 0.645. The molecule has 1 aliphatic rings. The van der Waals surface area contributed by atoms with Crippen molar-refractivity contribution >= 4 is 23.5 Å². The number of amides is 1. The number of carbonyl (C=O) groups is 1. The number of para-hydroxylation sites is 1. The summed E-state index contributed by atoms with van der Waals surface area (Å²) in [6, 6.07) is 17.1. The number of carbonyl (C=O) groups excluding carboxylic acids is 1. The fourth-order valence-electron chi connectivity index (χ4n) is 1.89. The number of fused-ring (bicyclic) bond motifs is 1. The van der Waals surface area contributed by atoms with Crippen molar-refractivity contribution in [2.24, 2.45) is 10.2 Å². The van der Waals surface area contributed by atoms with Crippen LogP contribution >= 0.6 is 0 Å². The van der Waals surface area contributed by atoms with Crippen LogP contribution in [0.5, 0.6) is 0 Å². The Bertz CT molecular complexity index is 675. The largest absolute Gasteiger partial charge is 0.320 e. The third-order valence-corrected chi connectivity index (χ3v) is 2.81. The summed E-state index contributed by atoms with van der Waals surface area (Å²) >= 11 is 0. The minimum atomic E-state index is -0.216. The third kappa shape index (κ3) is 2.28. The number of nitrogens with zero attached hydrogens (tertiary/aromatic N) is 2.